The number of aryl methyl sites for hydroxylation is 1. The van der Waals surface area contributed by atoms with E-state index < -0.39 is 0 Å². The van der Waals surface area contributed by atoms with Crippen LogP contribution < -0.4 is 0 Å². The number of hydrogen-bond acceptors (Lipinski definition) is 3. The lowest BCUT2D eigenvalue weighted by atomic mass is 10.0. The maximum absolute atomic E-state index is 12.9. The number of fused-ring (bicyclic) bond motifs is 2. The van der Waals surface area contributed by atoms with Crippen LogP contribution in [0.3, 0.4) is 0 Å². The molecule has 23 heavy (non-hydrogen) atoms. The van der Waals surface area contributed by atoms with E-state index in [1.807, 2.05) is 18.2 Å². The number of nitrogens with zero attached hydrogens (tertiary/aromatic N) is 3. The van der Waals surface area contributed by atoms with Crippen molar-refractivity contribution in [2.24, 2.45) is 0 Å². The lowest BCUT2D eigenvalue weighted by Gasteiger charge is -2.34. The third-order valence-electron chi connectivity index (χ3n) is 5.22. The van der Waals surface area contributed by atoms with Gasteiger partial charge in [-0.2, -0.15) is 5.10 Å². The zero-order chi connectivity index (χ0) is 15.8. The van der Waals surface area contributed by atoms with E-state index in [1.54, 1.807) is 6.20 Å². The van der Waals surface area contributed by atoms with Gasteiger partial charge in [0.25, 0.3) is 5.91 Å². The number of aromatic amines is 1. The second-order valence-electron chi connectivity index (χ2n) is 6.58. The Morgan fingerprint density at radius 3 is 2.78 bits per heavy atom. The number of pyridine rings is 1. The summed E-state index contributed by atoms with van der Waals surface area (Å²) in [6.07, 6.45) is 8.54. The summed E-state index contributed by atoms with van der Waals surface area (Å²) in [5.41, 5.74) is 3.49. The zero-order valence-electron chi connectivity index (χ0n) is 13.5. The molecule has 0 spiro atoms. The zero-order valence-corrected chi connectivity index (χ0v) is 13.5. The topological polar surface area (TPSA) is 61.9 Å². The summed E-state index contributed by atoms with van der Waals surface area (Å²) in [5.74, 6) is 0.0875. The Balaban J connectivity index is 1.59. The molecule has 2 fully saturated rings. The number of rotatable bonds is 3. The van der Waals surface area contributed by atoms with Crippen LogP contribution in [0.25, 0.3) is 11.3 Å². The molecule has 0 aliphatic carbocycles. The Morgan fingerprint density at radius 1 is 1.26 bits per heavy atom. The third kappa shape index (κ3) is 2.54. The molecule has 2 saturated heterocycles. The standard InChI is InChI=1S/C18H22N4O/c1-2-13-10-12(8-9-19-13)16-11-17(21-20-16)18(23)22-14-4-3-5-15(22)7-6-14/h8-11,14-15H,2-7H2,1H3,(H,20,21)/t14-,15?/m0/s1. The summed E-state index contributed by atoms with van der Waals surface area (Å²) in [5, 5.41) is 7.30. The van der Waals surface area contributed by atoms with E-state index in [-0.39, 0.29) is 5.91 Å². The molecule has 1 amide bonds. The quantitative estimate of drug-likeness (QED) is 0.947. The summed E-state index contributed by atoms with van der Waals surface area (Å²) < 4.78 is 0. The number of carbonyl (C=O) groups is 1. The van der Waals surface area contributed by atoms with Crippen LogP contribution in [0.4, 0.5) is 0 Å². The van der Waals surface area contributed by atoms with Gasteiger partial charge in [0, 0.05) is 29.5 Å². The number of piperidine rings is 1. The fraction of sp³-hybridized carbons (Fsp3) is 0.500. The molecule has 0 saturated carbocycles. The maximum atomic E-state index is 12.9. The molecule has 120 valence electrons. The van der Waals surface area contributed by atoms with Crippen LogP contribution >= 0.6 is 0 Å². The van der Waals surface area contributed by atoms with Crippen molar-refractivity contribution in [2.75, 3.05) is 0 Å². The van der Waals surface area contributed by atoms with Gasteiger partial charge in [-0.25, -0.2) is 0 Å². The van der Waals surface area contributed by atoms with Gasteiger partial charge >= 0.3 is 0 Å². The first-order valence-electron chi connectivity index (χ1n) is 8.59. The van der Waals surface area contributed by atoms with Gasteiger partial charge in [-0.05, 0) is 56.7 Å². The Kier molecular flexibility index (Phi) is 3.63. The number of nitrogens with one attached hydrogen (secondary N) is 1. The molecule has 2 aliphatic heterocycles. The van der Waals surface area contributed by atoms with Crippen molar-refractivity contribution in [3.05, 3.63) is 35.8 Å². The highest BCUT2D eigenvalue weighted by Crippen LogP contribution is 2.36. The molecule has 2 aromatic rings. The molecule has 0 aromatic carbocycles. The van der Waals surface area contributed by atoms with Crippen LogP contribution in [0.2, 0.25) is 0 Å². The van der Waals surface area contributed by atoms with Crippen LogP contribution in [-0.4, -0.2) is 38.1 Å². The molecule has 4 rings (SSSR count). The number of aromatic nitrogens is 3. The van der Waals surface area contributed by atoms with Crippen molar-refractivity contribution in [3.8, 4) is 11.3 Å². The van der Waals surface area contributed by atoms with Crippen molar-refractivity contribution in [3.63, 3.8) is 0 Å². The molecule has 2 aliphatic rings. The van der Waals surface area contributed by atoms with Gasteiger partial charge < -0.3 is 4.90 Å². The van der Waals surface area contributed by atoms with Crippen LogP contribution in [-0.2, 0) is 6.42 Å². The van der Waals surface area contributed by atoms with Crippen LogP contribution in [0.1, 0.15) is 55.2 Å². The van der Waals surface area contributed by atoms with E-state index in [4.69, 9.17) is 0 Å². The minimum Gasteiger partial charge on any atom is -0.331 e. The first kappa shape index (κ1) is 14.4. The molecule has 4 heterocycles. The smallest absolute Gasteiger partial charge is 0.274 e. The molecule has 2 atom stereocenters. The Hall–Kier alpha value is -2.17. The number of amides is 1. The lowest BCUT2D eigenvalue weighted by Crippen LogP contribution is -2.44. The first-order chi connectivity index (χ1) is 11.3. The predicted molar refractivity (Wildman–Crippen MR) is 88.0 cm³/mol. The highest BCUT2D eigenvalue weighted by molar-refractivity contribution is 5.94. The SMILES string of the molecule is CCc1cc(-c2cc(C(=O)N3C4CCC[C@H]3CC4)n[nH]2)ccn1. The van der Waals surface area contributed by atoms with E-state index in [0.717, 1.165) is 49.1 Å². The molecule has 2 bridgehead atoms. The fourth-order valence-corrected chi connectivity index (χ4v) is 4.00. The Bertz CT molecular complexity index is 707. The minimum absolute atomic E-state index is 0.0875. The van der Waals surface area contributed by atoms with Crippen LogP contribution in [0, 0.1) is 0 Å². The van der Waals surface area contributed by atoms with E-state index >= 15 is 0 Å². The van der Waals surface area contributed by atoms with Crippen molar-refractivity contribution in [2.45, 2.75) is 57.5 Å². The molecule has 1 unspecified atom stereocenters. The second kappa shape index (κ2) is 5.80. The first-order valence-corrected chi connectivity index (χ1v) is 8.59. The van der Waals surface area contributed by atoms with Crippen molar-refractivity contribution in [1.29, 1.82) is 0 Å². The number of H-pyrrole nitrogens is 1. The van der Waals surface area contributed by atoms with Gasteiger partial charge in [0.05, 0.1) is 5.69 Å². The average molecular weight is 310 g/mol. The number of carbonyl (C=O) groups excluding carboxylic acids is 1. The van der Waals surface area contributed by atoms with Gasteiger partial charge in [-0.3, -0.25) is 14.9 Å². The molecular weight excluding hydrogens is 288 g/mol. The van der Waals surface area contributed by atoms with Gasteiger partial charge in [0.1, 0.15) is 0 Å². The Morgan fingerprint density at radius 2 is 2.04 bits per heavy atom. The second-order valence-corrected chi connectivity index (χ2v) is 6.58. The van der Waals surface area contributed by atoms with Gasteiger partial charge in [-0.1, -0.05) is 6.92 Å². The van der Waals surface area contributed by atoms with Gasteiger partial charge in [-0.15, -0.1) is 0 Å². The molecule has 5 heteroatoms. The van der Waals surface area contributed by atoms with Crippen LogP contribution in [0.15, 0.2) is 24.4 Å². The minimum atomic E-state index is 0.0875. The van der Waals surface area contributed by atoms with Gasteiger partial charge in [0.15, 0.2) is 5.69 Å². The van der Waals surface area contributed by atoms with Crippen molar-refractivity contribution < 1.29 is 4.79 Å². The van der Waals surface area contributed by atoms with E-state index in [0.29, 0.717) is 17.8 Å². The molecule has 5 nitrogen and oxygen atoms in total. The molecule has 2 aromatic heterocycles. The van der Waals surface area contributed by atoms with Gasteiger partial charge in [0.2, 0.25) is 0 Å². The molecular formula is C18H22N4O. The fourth-order valence-electron chi connectivity index (χ4n) is 4.00. The lowest BCUT2D eigenvalue weighted by molar-refractivity contribution is 0.0589. The molecule has 0 radical (unpaired) electrons. The Labute approximate surface area is 136 Å². The van der Waals surface area contributed by atoms with Crippen molar-refractivity contribution >= 4 is 5.91 Å². The van der Waals surface area contributed by atoms with Crippen LogP contribution in [0.5, 0.6) is 0 Å². The van der Waals surface area contributed by atoms with Crippen molar-refractivity contribution in [1.82, 2.24) is 20.1 Å². The van der Waals surface area contributed by atoms with E-state index in [1.165, 1.54) is 6.42 Å². The summed E-state index contributed by atoms with van der Waals surface area (Å²) in [7, 11) is 0. The summed E-state index contributed by atoms with van der Waals surface area (Å²) >= 11 is 0. The predicted octanol–water partition coefficient (Wildman–Crippen LogP) is 3.19. The largest absolute Gasteiger partial charge is 0.331 e. The highest BCUT2D eigenvalue weighted by Gasteiger charge is 2.40. The normalized spacial score (nSPS) is 23.3. The maximum Gasteiger partial charge on any atom is 0.274 e. The number of hydrogen-bond donors (Lipinski definition) is 1. The van der Waals surface area contributed by atoms with E-state index in [9.17, 15) is 4.79 Å². The summed E-state index contributed by atoms with van der Waals surface area (Å²) in [6.45, 7) is 2.08. The molecule has 1 N–H and O–H groups in total. The average Bonchev–Trinajstić information content (AvgIpc) is 3.17. The monoisotopic (exact) mass is 310 g/mol. The van der Waals surface area contributed by atoms with E-state index in [2.05, 4.69) is 27.0 Å². The highest BCUT2D eigenvalue weighted by atomic mass is 16.2. The summed E-state index contributed by atoms with van der Waals surface area (Å²) in [4.78, 5) is 19.3. The third-order valence-corrected chi connectivity index (χ3v) is 5.22. The summed E-state index contributed by atoms with van der Waals surface area (Å²) in [6, 6.07) is 6.73.